The predicted octanol–water partition coefficient (Wildman–Crippen LogP) is 3.10. The summed E-state index contributed by atoms with van der Waals surface area (Å²) in [6.45, 7) is 2.06. The topological polar surface area (TPSA) is 46.0 Å². The van der Waals surface area contributed by atoms with Crippen molar-refractivity contribution in [2.45, 2.75) is 58.0 Å². The lowest BCUT2D eigenvalue weighted by Crippen LogP contribution is -2.11. The van der Waals surface area contributed by atoms with E-state index in [9.17, 15) is 5.11 Å². The second-order valence-electron chi connectivity index (χ2n) is 4.69. The molecule has 0 bridgehead atoms. The van der Waals surface area contributed by atoms with Crippen LogP contribution in [0, 0.1) is 5.92 Å². The first-order chi connectivity index (χ1) is 7.81. The smallest absolute Gasteiger partial charge is 0.0919 e. The average molecular weight is 240 g/mol. The highest BCUT2D eigenvalue weighted by Crippen LogP contribution is 2.33. The van der Waals surface area contributed by atoms with Crippen LogP contribution in [-0.4, -0.2) is 14.7 Å². The van der Waals surface area contributed by atoms with Gasteiger partial charge >= 0.3 is 0 Å². The van der Waals surface area contributed by atoms with Crippen molar-refractivity contribution in [3.63, 3.8) is 0 Å². The SMILES string of the molecule is CCc1nnsc1C(O)CC1CCCCC1. The van der Waals surface area contributed by atoms with Crippen molar-refractivity contribution in [1.29, 1.82) is 0 Å². The Kier molecular flexibility index (Phi) is 4.29. The molecule has 1 saturated carbocycles. The number of aliphatic hydroxyl groups is 1. The molecule has 1 aromatic rings. The molecular weight excluding hydrogens is 220 g/mol. The molecule has 1 aliphatic rings. The molecule has 4 heteroatoms. The zero-order valence-corrected chi connectivity index (χ0v) is 10.7. The van der Waals surface area contributed by atoms with Gasteiger partial charge in [-0.3, -0.25) is 0 Å². The number of aryl methyl sites for hydroxylation is 1. The minimum Gasteiger partial charge on any atom is -0.387 e. The summed E-state index contributed by atoms with van der Waals surface area (Å²) in [5, 5.41) is 14.3. The molecule has 1 unspecified atom stereocenters. The van der Waals surface area contributed by atoms with E-state index in [-0.39, 0.29) is 6.10 Å². The van der Waals surface area contributed by atoms with Crippen molar-refractivity contribution in [2.24, 2.45) is 5.92 Å². The molecule has 2 rings (SSSR count). The second-order valence-corrected chi connectivity index (χ2v) is 5.48. The Morgan fingerprint density at radius 2 is 2.12 bits per heavy atom. The Morgan fingerprint density at radius 3 is 2.81 bits per heavy atom. The normalized spacial score (nSPS) is 19.9. The van der Waals surface area contributed by atoms with Crippen LogP contribution in [0.15, 0.2) is 0 Å². The first-order valence-corrected chi connectivity index (χ1v) is 7.07. The van der Waals surface area contributed by atoms with E-state index in [4.69, 9.17) is 0 Å². The van der Waals surface area contributed by atoms with Crippen LogP contribution in [0.4, 0.5) is 0 Å². The zero-order valence-electron chi connectivity index (χ0n) is 9.85. The van der Waals surface area contributed by atoms with Gasteiger partial charge < -0.3 is 5.11 Å². The maximum Gasteiger partial charge on any atom is 0.0919 e. The molecule has 0 radical (unpaired) electrons. The van der Waals surface area contributed by atoms with E-state index in [1.165, 1.54) is 43.6 Å². The maximum atomic E-state index is 10.2. The number of rotatable bonds is 4. The van der Waals surface area contributed by atoms with Gasteiger partial charge in [0, 0.05) is 0 Å². The van der Waals surface area contributed by atoms with Gasteiger partial charge in [-0.05, 0) is 30.3 Å². The standard InChI is InChI=1S/C12H20N2OS/c1-2-10-12(16-14-13-10)11(15)8-9-6-4-3-5-7-9/h9,11,15H,2-8H2,1H3. The van der Waals surface area contributed by atoms with Crippen LogP contribution in [0.1, 0.15) is 62.1 Å². The van der Waals surface area contributed by atoms with Crippen LogP contribution < -0.4 is 0 Å². The largest absolute Gasteiger partial charge is 0.387 e. The van der Waals surface area contributed by atoms with Crippen molar-refractivity contribution in [2.75, 3.05) is 0 Å². The molecule has 16 heavy (non-hydrogen) atoms. The number of aromatic nitrogens is 2. The summed E-state index contributed by atoms with van der Waals surface area (Å²) in [5.41, 5.74) is 0.980. The Bertz CT molecular complexity index is 321. The number of aliphatic hydroxyl groups excluding tert-OH is 1. The van der Waals surface area contributed by atoms with Gasteiger partial charge in [0.1, 0.15) is 0 Å². The summed E-state index contributed by atoms with van der Waals surface area (Å²) in [4.78, 5) is 0.994. The number of hydrogen-bond donors (Lipinski definition) is 1. The lowest BCUT2D eigenvalue weighted by Gasteiger charge is -2.23. The van der Waals surface area contributed by atoms with Crippen molar-refractivity contribution < 1.29 is 5.11 Å². The molecular formula is C12H20N2OS. The van der Waals surface area contributed by atoms with Crippen molar-refractivity contribution >= 4 is 11.5 Å². The summed E-state index contributed by atoms with van der Waals surface area (Å²) in [6, 6.07) is 0. The van der Waals surface area contributed by atoms with Crippen LogP contribution in [0.2, 0.25) is 0 Å². The van der Waals surface area contributed by atoms with E-state index in [1.54, 1.807) is 0 Å². The highest BCUT2D eigenvalue weighted by atomic mass is 32.1. The lowest BCUT2D eigenvalue weighted by molar-refractivity contribution is 0.133. The Balaban J connectivity index is 1.93. The van der Waals surface area contributed by atoms with E-state index in [2.05, 4.69) is 16.5 Å². The molecule has 0 aliphatic heterocycles. The molecule has 1 aliphatic carbocycles. The number of nitrogens with zero attached hydrogens (tertiary/aromatic N) is 2. The molecule has 1 fully saturated rings. The highest BCUT2D eigenvalue weighted by Gasteiger charge is 2.21. The summed E-state index contributed by atoms with van der Waals surface area (Å²) in [6.07, 6.45) is 8.03. The van der Waals surface area contributed by atoms with Crippen molar-refractivity contribution in [3.05, 3.63) is 10.6 Å². The van der Waals surface area contributed by atoms with Crippen LogP contribution >= 0.6 is 11.5 Å². The molecule has 0 aromatic carbocycles. The lowest BCUT2D eigenvalue weighted by atomic mass is 9.85. The second kappa shape index (κ2) is 5.73. The number of hydrogen-bond acceptors (Lipinski definition) is 4. The van der Waals surface area contributed by atoms with Crippen LogP contribution in [0.5, 0.6) is 0 Å². The fraction of sp³-hybridized carbons (Fsp3) is 0.833. The summed E-state index contributed by atoms with van der Waals surface area (Å²) in [7, 11) is 0. The van der Waals surface area contributed by atoms with Gasteiger partial charge in [-0.1, -0.05) is 43.5 Å². The fourth-order valence-corrected chi connectivity index (χ4v) is 3.30. The van der Waals surface area contributed by atoms with E-state index in [1.807, 2.05) is 0 Å². The average Bonchev–Trinajstić information content (AvgIpc) is 2.78. The third-order valence-corrected chi connectivity index (χ3v) is 4.37. The predicted molar refractivity (Wildman–Crippen MR) is 65.4 cm³/mol. The van der Waals surface area contributed by atoms with Crippen molar-refractivity contribution in [1.82, 2.24) is 9.59 Å². The van der Waals surface area contributed by atoms with Gasteiger partial charge in [-0.2, -0.15) is 0 Å². The first-order valence-electron chi connectivity index (χ1n) is 6.30. The maximum absolute atomic E-state index is 10.2. The first kappa shape index (κ1) is 12.0. The van der Waals surface area contributed by atoms with Crippen LogP contribution in [0.3, 0.4) is 0 Å². The Labute approximate surface area is 101 Å². The van der Waals surface area contributed by atoms with Gasteiger partial charge in [-0.15, -0.1) is 5.10 Å². The van der Waals surface area contributed by atoms with E-state index >= 15 is 0 Å². The van der Waals surface area contributed by atoms with Crippen LogP contribution in [0.25, 0.3) is 0 Å². The van der Waals surface area contributed by atoms with E-state index in [0.29, 0.717) is 5.92 Å². The monoisotopic (exact) mass is 240 g/mol. The molecule has 0 spiro atoms. The van der Waals surface area contributed by atoms with Crippen LogP contribution in [-0.2, 0) is 6.42 Å². The molecule has 1 atom stereocenters. The zero-order chi connectivity index (χ0) is 11.4. The van der Waals surface area contributed by atoms with Gasteiger partial charge in [0.15, 0.2) is 0 Å². The third-order valence-electron chi connectivity index (χ3n) is 3.50. The van der Waals surface area contributed by atoms with Gasteiger partial charge in [0.05, 0.1) is 16.7 Å². The van der Waals surface area contributed by atoms with Crippen molar-refractivity contribution in [3.8, 4) is 0 Å². The quantitative estimate of drug-likeness (QED) is 0.879. The highest BCUT2D eigenvalue weighted by molar-refractivity contribution is 7.05. The van der Waals surface area contributed by atoms with E-state index < -0.39 is 0 Å². The minimum absolute atomic E-state index is 0.335. The van der Waals surface area contributed by atoms with E-state index in [0.717, 1.165) is 23.4 Å². The Morgan fingerprint density at radius 1 is 1.38 bits per heavy atom. The molecule has 1 heterocycles. The Hall–Kier alpha value is -0.480. The molecule has 0 amide bonds. The van der Waals surface area contributed by atoms with Gasteiger partial charge in [-0.25, -0.2) is 0 Å². The molecule has 3 nitrogen and oxygen atoms in total. The molecule has 90 valence electrons. The van der Waals surface area contributed by atoms with Gasteiger partial charge in [0.25, 0.3) is 0 Å². The molecule has 1 N–H and O–H groups in total. The summed E-state index contributed by atoms with van der Waals surface area (Å²) in [5.74, 6) is 0.704. The summed E-state index contributed by atoms with van der Waals surface area (Å²) >= 11 is 1.36. The van der Waals surface area contributed by atoms with Gasteiger partial charge in [0.2, 0.25) is 0 Å². The summed E-state index contributed by atoms with van der Waals surface area (Å²) < 4.78 is 3.94. The fourth-order valence-electron chi connectivity index (χ4n) is 2.56. The third kappa shape index (κ3) is 2.80. The molecule has 1 aromatic heterocycles. The minimum atomic E-state index is -0.335. The molecule has 0 saturated heterocycles.